The fraction of sp³-hybridized carbons (Fsp3) is 0.432. The van der Waals surface area contributed by atoms with E-state index in [9.17, 15) is 28.8 Å². The molecule has 63 heavy (non-hydrogen) atoms. The van der Waals surface area contributed by atoms with Crippen molar-refractivity contribution in [1.29, 1.82) is 0 Å². The van der Waals surface area contributed by atoms with Gasteiger partial charge in [-0.3, -0.25) is 53.4 Å². The lowest BCUT2D eigenvalue weighted by atomic mass is 9.99. The van der Waals surface area contributed by atoms with E-state index in [0.29, 0.717) is 55.9 Å². The Balaban J connectivity index is 0.746. The largest absolute Gasteiger partial charge is 0.382 e. The average Bonchev–Trinajstić information content (AvgIpc) is 3.84. The molecule has 0 radical (unpaired) electrons. The van der Waals surface area contributed by atoms with Gasteiger partial charge >= 0.3 is 0 Å². The molecule has 2 aromatic heterocycles. The SMILES string of the molecule is Cc1sc2c(c1C)C(c1ccc(Cl)cc1)=N[C@@H](CC(=O)N1CCN(CC(=O)CCOCCOCCNc3cccc4c3C(=O)N(C3CCC(=O)NC3=O)C4=O)CC1)c1nnc(C)n1-2. The molecule has 2 saturated heterocycles. The second kappa shape index (κ2) is 19.0. The first kappa shape index (κ1) is 44.0. The Hall–Kier alpha value is -5.66. The smallest absolute Gasteiger partial charge is 0.264 e. The van der Waals surface area contributed by atoms with Gasteiger partial charge in [0.15, 0.2) is 5.82 Å². The number of ether oxygens (including phenoxy) is 2. The number of imide groups is 2. The van der Waals surface area contributed by atoms with E-state index < -0.39 is 35.7 Å². The maximum absolute atomic E-state index is 13.9. The van der Waals surface area contributed by atoms with Gasteiger partial charge in [-0.25, -0.2) is 0 Å². The number of aryl methyl sites for hydroxylation is 2. The van der Waals surface area contributed by atoms with Gasteiger partial charge in [-0.1, -0.05) is 29.8 Å². The average molecular weight is 898 g/mol. The molecule has 0 saturated carbocycles. The number of halogens is 1. The summed E-state index contributed by atoms with van der Waals surface area (Å²) in [7, 11) is 0. The number of piperidine rings is 1. The van der Waals surface area contributed by atoms with E-state index in [-0.39, 0.29) is 74.9 Å². The number of hydrogen-bond donors (Lipinski definition) is 2. The standard InChI is InChI=1S/C44H48ClN9O8S/c1-25-26(2)63-44-37(25)39(28-7-9-29(45)10-8-28)47-33(40-50-49-27(3)53(40)44)23-36(57)52-17-15-51(16-18-52)24-30(55)13-19-61-21-22-62-20-14-46-32-6-4-5-31-38(32)43(60)54(42(31)59)34-11-12-35(56)48-41(34)58/h4-10,33-34,46H,11-24H2,1-3H3,(H,48,56,58)/t33-,34?/m0/s1. The number of piperazine rings is 1. The number of Topliss-reactive ketones (excluding diaryl/α,β-unsaturated/α-hetero) is 1. The third kappa shape index (κ3) is 9.22. The minimum atomic E-state index is -1.04. The number of rotatable bonds is 16. The van der Waals surface area contributed by atoms with Gasteiger partial charge in [0.1, 0.15) is 28.7 Å². The maximum Gasteiger partial charge on any atom is 0.264 e. The van der Waals surface area contributed by atoms with Crippen LogP contribution in [0.5, 0.6) is 0 Å². The van der Waals surface area contributed by atoms with Crippen LogP contribution in [0.4, 0.5) is 5.69 Å². The van der Waals surface area contributed by atoms with Crippen LogP contribution in [0.3, 0.4) is 0 Å². The number of fused-ring (bicyclic) bond motifs is 4. The second-order valence-electron chi connectivity index (χ2n) is 15.9. The lowest BCUT2D eigenvalue weighted by Gasteiger charge is -2.34. The molecule has 2 atom stereocenters. The van der Waals surface area contributed by atoms with Gasteiger partial charge in [0.05, 0.1) is 56.2 Å². The van der Waals surface area contributed by atoms with Crippen LogP contribution in [0.1, 0.15) is 85.7 Å². The Bertz CT molecular complexity index is 2490. The van der Waals surface area contributed by atoms with Crippen LogP contribution in [0.25, 0.3) is 5.00 Å². The van der Waals surface area contributed by atoms with Gasteiger partial charge in [0.2, 0.25) is 17.7 Å². The molecular formula is C44H48ClN9O8S. The Morgan fingerprint density at radius 3 is 2.40 bits per heavy atom. The number of nitrogens with one attached hydrogen (secondary N) is 2. The minimum Gasteiger partial charge on any atom is -0.382 e. The summed E-state index contributed by atoms with van der Waals surface area (Å²) in [6.45, 7) is 9.97. The zero-order valence-corrected chi connectivity index (χ0v) is 36.9. The molecule has 4 aliphatic heterocycles. The molecule has 1 unspecified atom stereocenters. The third-order valence-electron chi connectivity index (χ3n) is 11.8. The normalized spacial score (nSPS) is 18.8. The molecule has 0 aliphatic carbocycles. The predicted molar refractivity (Wildman–Crippen MR) is 234 cm³/mol. The molecule has 2 N–H and O–H groups in total. The Morgan fingerprint density at radius 1 is 0.905 bits per heavy atom. The number of anilines is 1. The van der Waals surface area contributed by atoms with Crippen LogP contribution >= 0.6 is 22.9 Å². The summed E-state index contributed by atoms with van der Waals surface area (Å²) in [5, 5.41) is 15.9. The molecule has 6 heterocycles. The first-order valence-electron chi connectivity index (χ1n) is 21.0. The van der Waals surface area contributed by atoms with Crippen molar-refractivity contribution in [1.82, 2.24) is 34.8 Å². The monoisotopic (exact) mass is 897 g/mol. The molecule has 0 spiro atoms. The van der Waals surface area contributed by atoms with Crippen LogP contribution in [0, 0.1) is 20.8 Å². The zero-order valence-electron chi connectivity index (χ0n) is 35.3. The second-order valence-corrected chi connectivity index (χ2v) is 17.5. The van der Waals surface area contributed by atoms with E-state index in [2.05, 4.69) is 39.6 Å². The number of aromatic nitrogens is 3. The first-order chi connectivity index (χ1) is 30.4. The third-order valence-corrected chi connectivity index (χ3v) is 13.2. The summed E-state index contributed by atoms with van der Waals surface area (Å²) in [4.78, 5) is 88.3. The fourth-order valence-electron chi connectivity index (χ4n) is 8.34. The maximum atomic E-state index is 13.9. The molecule has 4 aliphatic rings. The fourth-order valence-corrected chi connectivity index (χ4v) is 9.68. The molecule has 2 fully saturated rings. The summed E-state index contributed by atoms with van der Waals surface area (Å²) in [5.74, 6) is -0.854. The lowest BCUT2D eigenvalue weighted by molar-refractivity contribution is -0.136. The van der Waals surface area contributed by atoms with Crippen molar-refractivity contribution in [2.75, 3.05) is 71.0 Å². The minimum absolute atomic E-state index is 0.0320. The summed E-state index contributed by atoms with van der Waals surface area (Å²) in [6.07, 6.45) is 0.513. The molecule has 2 aromatic carbocycles. The number of ketones is 1. The van der Waals surface area contributed by atoms with E-state index >= 15 is 0 Å². The topological polar surface area (TPSA) is 198 Å². The van der Waals surface area contributed by atoms with Gasteiger partial charge in [-0.15, -0.1) is 21.5 Å². The number of benzene rings is 2. The number of carbonyl (C=O) groups excluding carboxylic acids is 6. The predicted octanol–water partition coefficient (Wildman–Crippen LogP) is 3.84. The highest BCUT2D eigenvalue weighted by Crippen LogP contribution is 2.40. The number of carbonyl (C=O) groups is 6. The van der Waals surface area contributed by atoms with Gasteiger partial charge in [-0.2, -0.15) is 0 Å². The number of aliphatic imine (C=N–C) groups is 1. The molecule has 19 heteroatoms. The number of nitrogens with zero attached hydrogens (tertiary/aromatic N) is 7. The van der Waals surface area contributed by atoms with Crippen molar-refractivity contribution in [2.45, 2.75) is 58.5 Å². The van der Waals surface area contributed by atoms with E-state index in [1.807, 2.05) is 40.7 Å². The molecule has 8 rings (SSSR count). The molecule has 5 amide bonds. The Morgan fingerprint density at radius 2 is 1.65 bits per heavy atom. The zero-order chi connectivity index (χ0) is 44.4. The van der Waals surface area contributed by atoms with Crippen LogP contribution in [0.15, 0.2) is 47.5 Å². The van der Waals surface area contributed by atoms with Gasteiger partial charge < -0.3 is 19.7 Å². The molecule has 330 valence electrons. The molecule has 4 aromatic rings. The van der Waals surface area contributed by atoms with E-state index in [1.54, 1.807) is 29.5 Å². The number of amides is 5. The Kier molecular flexibility index (Phi) is 13.2. The van der Waals surface area contributed by atoms with E-state index in [0.717, 1.165) is 38.1 Å². The Labute approximate surface area is 372 Å². The van der Waals surface area contributed by atoms with E-state index in [1.165, 1.54) is 4.88 Å². The van der Waals surface area contributed by atoms with Gasteiger partial charge in [0.25, 0.3) is 11.8 Å². The lowest BCUT2D eigenvalue weighted by Crippen LogP contribution is -2.54. The van der Waals surface area contributed by atoms with Crippen molar-refractivity contribution in [2.24, 2.45) is 4.99 Å². The van der Waals surface area contributed by atoms with Crippen molar-refractivity contribution < 1.29 is 38.2 Å². The first-order valence-corrected chi connectivity index (χ1v) is 22.2. The van der Waals surface area contributed by atoms with Gasteiger partial charge in [-0.05, 0) is 57.0 Å². The highest BCUT2D eigenvalue weighted by Gasteiger charge is 2.45. The van der Waals surface area contributed by atoms with Crippen molar-refractivity contribution in [3.63, 3.8) is 0 Å². The van der Waals surface area contributed by atoms with Crippen LogP contribution < -0.4 is 10.6 Å². The highest BCUT2D eigenvalue weighted by molar-refractivity contribution is 7.15. The van der Waals surface area contributed by atoms with Crippen molar-refractivity contribution in [3.05, 3.63) is 91.8 Å². The molecule has 0 bridgehead atoms. The van der Waals surface area contributed by atoms with Crippen LogP contribution in [0.2, 0.25) is 5.02 Å². The summed E-state index contributed by atoms with van der Waals surface area (Å²) in [5.41, 5.74) is 4.68. The van der Waals surface area contributed by atoms with Crippen LogP contribution in [-0.2, 0) is 28.7 Å². The molecule has 17 nitrogen and oxygen atoms in total. The number of thiophene rings is 1. The summed E-state index contributed by atoms with van der Waals surface area (Å²) < 4.78 is 13.4. The van der Waals surface area contributed by atoms with Crippen molar-refractivity contribution in [3.8, 4) is 5.00 Å². The summed E-state index contributed by atoms with van der Waals surface area (Å²) in [6, 6.07) is 10.9. The van der Waals surface area contributed by atoms with Gasteiger partial charge in [0, 0.05) is 72.3 Å². The quantitative estimate of drug-likeness (QED) is 0.122. The summed E-state index contributed by atoms with van der Waals surface area (Å²) >= 11 is 7.92. The highest BCUT2D eigenvalue weighted by atomic mass is 35.5. The van der Waals surface area contributed by atoms with E-state index in [4.69, 9.17) is 26.1 Å². The number of hydrogen-bond acceptors (Lipinski definition) is 14. The van der Waals surface area contributed by atoms with Crippen molar-refractivity contribution >= 4 is 69.7 Å². The van der Waals surface area contributed by atoms with Crippen LogP contribution in [-0.4, -0.2) is 142 Å². The molecular weight excluding hydrogens is 850 g/mol.